The van der Waals surface area contributed by atoms with Crippen LogP contribution in [0, 0.1) is 5.82 Å². The van der Waals surface area contributed by atoms with Gasteiger partial charge in [-0.3, -0.25) is 20.4 Å². The summed E-state index contributed by atoms with van der Waals surface area (Å²) >= 11 is 1.35. The highest BCUT2D eigenvalue weighted by molar-refractivity contribution is 7.13. The first-order valence-corrected chi connectivity index (χ1v) is 8.24. The largest absolute Gasteiger partial charge is 0.494 e. The van der Waals surface area contributed by atoms with Gasteiger partial charge in [-0.05, 0) is 24.3 Å². The number of thiazole rings is 1. The lowest BCUT2D eigenvalue weighted by Crippen LogP contribution is -2.43. The zero-order chi connectivity index (χ0) is 17.6. The second-order valence-electron chi connectivity index (χ2n) is 5.03. The Hall–Kier alpha value is -2.94. The molecule has 0 spiro atoms. The monoisotopic (exact) mass is 363 g/mol. The minimum atomic E-state index is -0.599. The van der Waals surface area contributed by atoms with Gasteiger partial charge in [-0.1, -0.05) is 0 Å². The minimum absolute atomic E-state index is 0.00111. The van der Waals surface area contributed by atoms with Crippen LogP contribution in [0.5, 0.6) is 0 Å². The summed E-state index contributed by atoms with van der Waals surface area (Å²) in [5.41, 5.74) is 5.84. The number of rotatable bonds is 4. The van der Waals surface area contributed by atoms with Crippen molar-refractivity contribution in [3.63, 3.8) is 0 Å². The second kappa shape index (κ2) is 7.75. The van der Waals surface area contributed by atoms with Crippen LogP contribution in [-0.2, 0) is 25.5 Å². The third-order valence-corrected chi connectivity index (χ3v) is 4.11. The lowest BCUT2D eigenvalue weighted by atomic mass is 10.2. The molecule has 7 nitrogen and oxygen atoms in total. The van der Waals surface area contributed by atoms with Crippen LogP contribution < -0.4 is 10.9 Å². The van der Waals surface area contributed by atoms with Crippen LogP contribution >= 0.6 is 11.3 Å². The van der Waals surface area contributed by atoms with E-state index in [2.05, 4.69) is 15.8 Å². The molecule has 9 heteroatoms. The molecule has 1 aliphatic heterocycles. The molecule has 1 aromatic carbocycles. The highest BCUT2D eigenvalue weighted by Gasteiger charge is 2.16. The fourth-order valence-electron chi connectivity index (χ4n) is 2.00. The van der Waals surface area contributed by atoms with Gasteiger partial charge in [0.2, 0.25) is 11.7 Å². The number of carbonyl (C=O) groups excluding carboxylic acids is 2. The van der Waals surface area contributed by atoms with E-state index < -0.39 is 11.8 Å². The summed E-state index contributed by atoms with van der Waals surface area (Å²) < 4.78 is 23.0. The van der Waals surface area contributed by atoms with Gasteiger partial charge in [-0.15, -0.1) is 11.3 Å². The summed E-state index contributed by atoms with van der Waals surface area (Å²) in [7, 11) is 0. The van der Waals surface area contributed by atoms with Crippen molar-refractivity contribution in [1.82, 2.24) is 15.8 Å². The molecule has 1 aromatic heterocycles. The van der Waals surface area contributed by atoms with Crippen LogP contribution in [0.25, 0.3) is 10.6 Å². The standard InChI is InChI=1S/C16H14FN3O4S/c17-11-3-1-10(2-4-11)16-18-12(9-25-16)7-14(21)19-20-15(22)13-8-23-5-6-24-13/h1-4,8-9H,5-7H2,(H,19,21)(H,20,22). The van der Waals surface area contributed by atoms with Gasteiger partial charge in [-0.2, -0.15) is 0 Å². The maximum absolute atomic E-state index is 12.9. The number of benzene rings is 1. The fourth-order valence-corrected chi connectivity index (χ4v) is 2.82. The normalized spacial score (nSPS) is 13.2. The number of halogens is 1. The van der Waals surface area contributed by atoms with Gasteiger partial charge in [0.1, 0.15) is 30.3 Å². The van der Waals surface area contributed by atoms with E-state index in [-0.39, 0.29) is 24.6 Å². The summed E-state index contributed by atoms with van der Waals surface area (Å²) in [5.74, 6) is -1.35. The van der Waals surface area contributed by atoms with Crippen LogP contribution in [-0.4, -0.2) is 30.0 Å². The number of amides is 2. The molecule has 0 aliphatic carbocycles. The van der Waals surface area contributed by atoms with Crippen LogP contribution in [0.2, 0.25) is 0 Å². The van der Waals surface area contributed by atoms with Crippen molar-refractivity contribution in [3.05, 3.63) is 53.2 Å². The Labute approximate surface area is 146 Å². The third-order valence-electron chi connectivity index (χ3n) is 3.17. The van der Waals surface area contributed by atoms with Crippen LogP contribution in [0.1, 0.15) is 5.69 Å². The highest BCUT2D eigenvalue weighted by atomic mass is 32.1. The molecule has 0 saturated heterocycles. The molecule has 1 aliphatic rings. The number of hydrazine groups is 1. The number of hydrogen-bond acceptors (Lipinski definition) is 6. The van der Waals surface area contributed by atoms with Crippen molar-refractivity contribution < 1.29 is 23.5 Å². The van der Waals surface area contributed by atoms with E-state index in [0.29, 0.717) is 17.3 Å². The average Bonchev–Trinajstić information content (AvgIpc) is 3.09. The summed E-state index contributed by atoms with van der Waals surface area (Å²) in [6.45, 7) is 0.654. The number of ether oxygens (including phenoxy) is 2. The summed E-state index contributed by atoms with van der Waals surface area (Å²) in [6.07, 6.45) is 1.19. The maximum atomic E-state index is 12.9. The van der Waals surface area contributed by atoms with E-state index in [1.54, 1.807) is 17.5 Å². The third kappa shape index (κ3) is 4.54. The van der Waals surface area contributed by atoms with E-state index in [1.807, 2.05) is 0 Å². The van der Waals surface area contributed by atoms with Crippen LogP contribution in [0.3, 0.4) is 0 Å². The van der Waals surface area contributed by atoms with Gasteiger partial charge in [0, 0.05) is 10.9 Å². The lowest BCUT2D eigenvalue weighted by molar-refractivity contribution is -0.129. The molecule has 2 heterocycles. The molecule has 0 radical (unpaired) electrons. The Kier molecular flexibility index (Phi) is 5.24. The minimum Gasteiger partial charge on any atom is -0.494 e. The Balaban J connectivity index is 1.52. The highest BCUT2D eigenvalue weighted by Crippen LogP contribution is 2.24. The van der Waals surface area contributed by atoms with Gasteiger partial charge in [0.05, 0.1) is 12.1 Å². The lowest BCUT2D eigenvalue weighted by Gasteiger charge is -2.15. The van der Waals surface area contributed by atoms with Gasteiger partial charge in [-0.25, -0.2) is 9.37 Å². The van der Waals surface area contributed by atoms with E-state index in [0.717, 1.165) is 5.56 Å². The predicted molar refractivity (Wildman–Crippen MR) is 87.5 cm³/mol. The zero-order valence-corrected chi connectivity index (χ0v) is 13.8. The fraction of sp³-hybridized carbons (Fsp3) is 0.188. The van der Waals surface area contributed by atoms with E-state index >= 15 is 0 Å². The smallest absolute Gasteiger partial charge is 0.308 e. The molecule has 25 heavy (non-hydrogen) atoms. The first-order chi connectivity index (χ1) is 12.1. The molecule has 3 rings (SSSR count). The number of aromatic nitrogens is 1. The summed E-state index contributed by atoms with van der Waals surface area (Å²) in [5, 5.41) is 2.42. The van der Waals surface area contributed by atoms with Crippen molar-refractivity contribution in [1.29, 1.82) is 0 Å². The average molecular weight is 363 g/mol. The van der Waals surface area contributed by atoms with Crippen LogP contribution in [0.15, 0.2) is 41.7 Å². The van der Waals surface area contributed by atoms with Gasteiger partial charge >= 0.3 is 5.91 Å². The number of nitrogens with zero attached hydrogens (tertiary/aromatic N) is 1. The van der Waals surface area contributed by atoms with Gasteiger partial charge in [0.15, 0.2) is 0 Å². The topological polar surface area (TPSA) is 89.6 Å². The number of carbonyl (C=O) groups is 2. The molecule has 0 bridgehead atoms. The summed E-state index contributed by atoms with van der Waals surface area (Å²) in [6, 6.07) is 5.95. The molecule has 130 valence electrons. The SMILES string of the molecule is O=C(Cc1csc(-c2ccc(F)cc2)n1)NNC(=O)C1=COCCO1. The molecule has 0 saturated carbocycles. The molecule has 0 fully saturated rings. The molecular weight excluding hydrogens is 349 g/mol. The Morgan fingerprint density at radius 1 is 1.20 bits per heavy atom. The Bertz CT molecular complexity index is 804. The van der Waals surface area contributed by atoms with Gasteiger partial charge in [0.25, 0.3) is 0 Å². The Morgan fingerprint density at radius 3 is 2.72 bits per heavy atom. The van der Waals surface area contributed by atoms with Crippen molar-refractivity contribution in [3.8, 4) is 10.6 Å². The summed E-state index contributed by atoms with van der Waals surface area (Å²) in [4.78, 5) is 27.9. The molecule has 2 N–H and O–H groups in total. The van der Waals surface area contributed by atoms with Crippen molar-refractivity contribution in [2.24, 2.45) is 0 Å². The molecule has 0 unspecified atom stereocenters. The van der Waals surface area contributed by atoms with E-state index in [1.165, 1.54) is 29.7 Å². The first-order valence-electron chi connectivity index (χ1n) is 7.36. The van der Waals surface area contributed by atoms with E-state index in [9.17, 15) is 14.0 Å². The van der Waals surface area contributed by atoms with Gasteiger partial charge < -0.3 is 9.47 Å². The number of hydrogen-bond donors (Lipinski definition) is 2. The van der Waals surface area contributed by atoms with E-state index in [4.69, 9.17) is 9.47 Å². The second-order valence-corrected chi connectivity index (χ2v) is 5.89. The number of nitrogens with one attached hydrogen (secondary N) is 2. The van der Waals surface area contributed by atoms with Crippen molar-refractivity contribution in [2.75, 3.05) is 13.2 Å². The molecule has 2 aromatic rings. The van der Waals surface area contributed by atoms with Crippen molar-refractivity contribution >= 4 is 23.2 Å². The Morgan fingerprint density at radius 2 is 2.00 bits per heavy atom. The first kappa shape index (κ1) is 16.9. The molecule has 2 amide bonds. The molecule has 0 atom stereocenters. The van der Waals surface area contributed by atoms with Crippen LogP contribution in [0.4, 0.5) is 4.39 Å². The quantitative estimate of drug-likeness (QED) is 0.804. The molecular formula is C16H14FN3O4S. The van der Waals surface area contributed by atoms with Crippen molar-refractivity contribution in [2.45, 2.75) is 6.42 Å². The predicted octanol–water partition coefficient (Wildman–Crippen LogP) is 1.53. The maximum Gasteiger partial charge on any atom is 0.308 e. The zero-order valence-electron chi connectivity index (χ0n) is 13.0.